The van der Waals surface area contributed by atoms with Gasteiger partial charge in [-0.2, -0.15) is 0 Å². The maximum atomic E-state index is 15.2. The van der Waals surface area contributed by atoms with E-state index >= 15 is 4.79 Å². The van der Waals surface area contributed by atoms with Crippen LogP contribution >= 0.6 is 0 Å². The minimum absolute atomic E-state index is 0.00957. The molecule has 4 heterocycles. The van der Waals surface area contributed by atoms with Gasteiger partial charge >= 0.3 is 0 Å². The van der Waals surface area contributed by atoms with Gasteiger partial charge in [0.15, 0.2) is 5.60 Å². The van der Waals surface area contributed by atoms with E-state index in [2.05, 4.69) is 47.8 Å². The van der Waals surface area contributed by atoms with Gasteiger partial charge in [0, 0.05) is 56.0 Å². The number of ether oxygens (including phenoxy) is 3. The monoisotopic (exact) mass is 724 g/mol. The fraction of sp³-hybridized carbons (Fsp3) is 0.436. The summed E-state index contributed by atoms with van der Waals surface area (Å²) < 4.78 is 20.3. The Morgan fingerprint density at radius 2 is 1.75 bits per heavy atom. The topological polar surface area (TPSA) is 131 Å². The van der Waals surface area contributed by atoms with Gasteiger partial charge in [-0.1, -0.05) is 54.7 Å². The number of carbonyl (C=O) groups is 2. The molecule has 0 aliphatic carbocycles. The van der Waals surface area contributed by atoms with E-state index < -0.39 is 13.7 Å². The number of hydrogen-bond donors (Lipinski definition) is 2. The first-order valence-corrected chi connectivity index (χ1v) is 21.1. The van der Waals surface area contributed by atoms with Crippen molar-refractivity contribution in [3.8, 4) is 11.5 Å². The van der Waals surface area contributed by atoms with Crippen molar-refractivity contribution in [3.63, 3.8) is 0 Å². The number of nitrogens with one attached hydrogen (secondary N) is 1. The quantitative estimate of drug-likeness (QED) is 0.211. The second-order valence-electron chi connectivity index (χ2n) is 14.6. The summed E-state index contributed by atoms with van der Waals surface area (Å²) in [5.74, 6) is 1.26. The number of aliphatic hydroxyl groups is 1. The summed E-state index contributed by atoms with van der Waals surface area (Å²) in [6, 6.07) is 22.1. The van der Waals surface area contributed by atoms with Crippen LogP contribution in [0.15, 0.2) is 72.9 Å². The van der Waals surface area contributed by atoms with Crippen LogP contribution in [0, 0.1) is 5.92 Å². The van der Waals surface area contributed by atoms with Crippen molar-refractivity contribution in [2.45, 2.75) is 63.2 Å². The molecule has 274 valence electrons. The van der Waals surface area contributed by atoms with Gasteiger partial charge in [-0.3, -0.25) is 14.3 Å². The van der Waals surface area contributed by atoms with E-state index in [0.717, 1.165) is 40.5 Å². The van der Waals surface area contributed by atoms with Crippen molar-refractivity contribution in [1.82, 2.24) is 20.3 Å². The van der Waals surface area contributed by atoms with E-state index in [9.17, 15) is 9.90 Å². The Bertz CT molecular complexity index is 1920. The van der Waals surface area contributed by atoms with Gasteiger partial charge in [0.1, 0.15) is 11.5 Å². The Balaban J connectivity index is 1.25. The van der Waals surface area contributed by atoms with Crippen LogP contribution in [0.4, 0.5) is 11.4 Å². The summed E-state index contributed by atoms with van der Waals surface area (Å²) in [5.41, 5.74) is 3.00. The van der Waals surface area contributed by atoms with Gasteiger partial charge in [-0.05, 0) is 60.0 Å². The molecule has 2 fully saturated rings. The highest BCUT2D eigenvalue weighted by Crippen LogP contribution is 2.60. The number of methoxy groups -OCH3 is 2. The zero-order valence-corrected chi connectivity index (χ0v) is 31.5. The molecule has 0 radical (unpaired) electrons. The summed E-state index contributed by atoms with van der Waals surface area (Å²) in [6.45, 7) is 9.54. The SMILES string of the molecule is COc1ccc([Si](C)(C)[C@@H]2[C@@H](CCn3cc(CCO)nn3)O[C@]3(C(=O)N(Cc4ccc(N5CCNCC5=O)cc4)c4ccc(OC)cc43)[C@H]2C)cc1. The molecule has 2 saturated heterocycles. The van der Waals surface area contributed by atoms with Gasteiger partial charge in [-0.15, -0.1) is 5.10 Å². The van der Waals surface area contributed by atoms with E-state index in [1.54, 1.807) is 23.8 Å². The van der Waals surface area contributed by atoms with Crippen molar-refractivity contribution < 1.29 is 28.9 Å². The molecule has 4 aromatic rings. The Kier molecular flexibility index (Phi) is 9.96. The average molecular weight is 725 g/mol. The maximum absolute atomic E-state index is 15.2. The molecule has 2 N–H and O–H groups in total. The third kappa shape index (κ3) is 6.29. The van der Waals surface area contributed by atoms with E-state index in [1.165, 1.54) is 5.19 Å². The summed E-state index contributed by atoms with van der Waals surface area (Å²) in [5, 5.41) is 22.3. The number of nitrogens with zero attached hydrogens (tertiary/aromatic N) is 5. The number of aliphatic hydroxyl groups excluding tert-OH is 1. The molecule has 2 amide bonds. The average Bonchev–Trinajstić information content (AvgIpc) is 3.81. The van der Waals surface area contributed by atoms with E-state index in [4.69, 9.17) is 14.2 Å². The molecular weight excluding hydrogens is 677 g/mol. The number of anilines is 2. The van der Waals surface area contributed by atoms with E-state index in [0.29, 0.717) is 44.8 Å². The number of carbonyl (C=O) groups excluding carboxylic acids is 2. The third-order valence-corrected chi connectivity index (χ3v) is 15.7. The van der Waals surface area contributed by atoms with Crippen LogP contribution in [0.25, 0.3) is 0 Å². The molecule has 3 aliphatic heterocycles. The Hall–Kier alpha value is -4.56. The Morgan fingerprint density at radius 1 is 1.02 bits per heavy atom. The number of benzene rings is 3. The van der Waals surface area contributed by atoms with Crippen LogP contribution in [-0.4, -0.2) is 86.6 Å². The van der Waals surface area contributed by atoms with Crippen molar-refractivity contribution in [1.29, 1.82) is 0 Å². The smallest absolute Gasteiger partial charge is 0.264 e. The summed E-state index contributed by atoms with van der Waals surface area (Å²) >= 11 is 0. The summed E-state index contributed by atoms with van der Waals surface area (Å²) in [7, 11) is 0.969. The van der Waals surface area contributed by atoms with Crippen molar-refractivity contribution in [3.05, 3.63) is 89.7 Å². The van der Waals surface area contributed by atoms with Crippen LogP contribution in [0.1, 0.15) is 30.2 Å². The maximum Gasteiger partial charge on any atom is 0.264 e. The highest BCUT2D eigenvalue weighted by atomic mass is 28.3. The number of piperazine rings is 1. The molecule has 4 atom stereocenters. The molecule has 3 aromatic carbocycles. The number of hydrogen-bond acceptors (Lipinski definition) is 9. The van der Waals surface area contributed by atoms with Crippen LogP contribution in [-0.2, 0) is 39.4 Å². The van der Waals surface area contributed by atoms with Gasteiger partial charge in [0.05, 0.1) is 52.9 Å². The standard InChI is InChI=1S/C39H48N6O6Si/c1-26-37(52(4,5)32-13-10-30(49-2)11-14-32)35(16-19-43-25-28(17-21-46)41-42-43)51-39(26)33-22-31(50-3)12-15-34(33)45(38(39)48)24-27-6-8-29(9-7-27)44-20-18-40-23-36(44)47/h6-15,22,25-26,35,37,40,46H,16-21,23-24H2,1-5H3/t26-,35+,37-,39+/m0/s1. The van der Waals surface area contributed by atoms with Crippen molar-refractivity contribution >= 4 is 36.4 Å². The van der Waals surface area contributed by atoms with Gasteiger partial charge < -0.3 is 34.4 Å². The normalized spacial score (nSPS) is 23.1. The van der Waals surface area contributed by atoms with Gasteiger partial charge in [-0.25, -0.2) is 0 Å². The molecule has 13 heteroatoms. The molecule has 12 nitrogen and oxygen atoms in total. The minimum atomic E-state index is -2.34. The minimum Gasteiger partial charge on any atom is -0.497 e. The molecule has 1 spiro atoms. The van der Waals surface area contributed by atoms with Gasteiger partial charge in [0.2, 0.25) is 5.91 Å². The lowest BCUT2D eigenvalue weighted by atomic mass is 9.82. The Morgan fingerprint density at radius 3 is 2.44 bits per heavy atom. The summed E-state index contributed by atoms with van der Waals surface area (Å²) in [4.78, 5) is 31.4. The van der Waals surface area contributed by atoms with Crippen LogP contribution in [0.2, 0.25) is 18.6 Å². The molecular formula is C39H48N6O6Si. The molecule has 1 aromatic heterocycles. The molecule has 0 bridgehead atoms. The fourth-order valence-corrected chi connectivity index (χ4v) is 12.7. The zero-order valence-electron chi connectivity index (χ0n) is 30.5. The highest BCUT2D eigenvalue weighted by molar-refractivity contribution is 6.91. The second-order valence-corrected chi connectivity index (χ2v) is 19.2. The lowest BCUT2D eigenvalue weighted by Gasteiger charge is -2.37. The van der Waals surface area contributed by atoms with Gasteiger partial charge in [0.25, 0.3) is 5.91 Å². The number of aromatic nitrogens is 3. The largest absolute Gasteiger partial charge is 0.497 e. The number of rotatable bonds is 12. The lowest BCUT2D eigenvalue weighted by molar-refractivity contribution is -0.146. The predicted octanol–water partition coefficient (Wildman–Crippen LogP) is 3.62. The molecule has 0 unspecified atom stereocenters. The van der Waals surface area contributed by atoms with Crippen LogP contribution in [0.5, 0.6) is 11.5 Å². The first-order chi connectivity index (χ1) is 25.1. The Labute approximate surface area is 305 Å². The fourth-order valence-electron chi connectivity index (χ4n) is 8.63. The highest BCUT2D eigenvalue weighted by Gasteiger charge is 2.66. The predicted molar refractivity (Wildman–Crippen MR) is 201 cm³/mol. The number of aryl methyl sites for hydroxylation is 1. The van der Waals surface area contributed by atoms with E-state index in [1.807, 2.05) is 65.7 Å². The second kappa shape index (κ2) is 14.5. The van der Waals surface area contributed by atoms with Crippen molar-refractivity contribution in [2.75, 3.05) is 50.3 Å². The third-order valence-electron chi connectivity index (χ3n) is 11.3. The molecule has 3 aliphatic rings. The van der Waals surface area contributed by atoms with Crippen molar-refractivity contribution in [2.24, 2.45) is 5.92 Å². The van der Waals surface area contributed by atoms with Crippen LogP contribution in [0.3, 0.4) is 0 Å². The number of fused-ring (bicyclic) bond motifs is 2. The van der Waals surface area contributed by atoms with Crippen LogP contribution < -0.4 is 29.8 Å². The number of amides is 2. The lowest BCUT2D eigenvalue weighted by Crippen LogP contribution is -2.51. The van der Waals surface area contributed by atoms with E-state index in [-0.39, 0.29) is 36.0 Å². The first-order valence-electron chi connectivity index (χ1n) is 18.0. The summed E-state index contributed by atoms with van der Waals surface area (Å²) in [6.07, 6.45) is 2.68. The molecule has 0 saturated carbocycles. The first kappa shape index (κ1) is 35.8. The molecule has 7 rings (SSSR count). The zero-order chi connectivity index (χ0) is 36.6. The molecule has 52 heavy (non-hydrogen) atoms.